The zero-order chi connectivity index (χ0) is 14.5. The fraction of sp³-hybridized carbons (Fsp3) is 0.353. The highest BCUT2D eigenvalue weighted by Gasteiger charge is 2.12. The lowest BCUT2D eigenvalue weighted by molar-refractivity contribution is 0.315. The van der Waals surface area contributed by atoms with Crippen molar-refractivity contribution in [1.82, 2.24) is 4.98 Å². The predicted octanol–water partition coefficient (Wildman–Crippen LogP) is 3.54. The van der Waals surface area contributed by atoms with E-state index in [4.69, 9.17) is 10.5 Å². The Kier molecular flexibility index (Phi) is 4.74. The maximum Gasteiger partial charge on any atom is 0.137 e. The zero-order valence-corrected chi connectivity index (χ0v) is 12.4. The van der Waals surface area contributed by atoms with Gasteiger partial charge in [-0.2, -0.15) is 0 Å². The van der Waals surface area contributed by atoms with Crippen molar-refractivity contribution in [2.24, 2.45) is 5.73 Å². The van der Waals surface area contributed by atoms with Crippen LogP contribution in [0.3, 0.4) is 0 Å². The van der Waals surface area contributed by atoms with Crippen molar-refractivity contribution >= 4 is 0 Å². The first-order chi connectivity index (χ1) is 9.61. The van der Waals surface area contributed by atoms with Crippen LogP contribution >= 0.6 is 0 Å². The standard InChI is InChI=1S/C17H22N2O/c1-4-7-20-15-9-14(10-19-11-15)17(18)16-6-5-12(2)8-13(16)3/h5-6,8-11,17H,4,7,18H2,1-3H3. The topological polar surface area (TPSA) is 48.1 Å². The molecule has 0 fully saturated rings. The highest BCUT2D eigenvalue weighted by molar-refractivity contribution is 5.39. The number of nitrogens with zero attached hydrogens (tertiary/aromatic N) is 1. The number of nitrogens with two attached hydrogens (primary N) is 1. The highest BCUT2D eigenvalue weighted by Crippen LogP contribution is 2.25. The van der Waals surface area contributed by atoms with Crippen LogP contribution in [0.5, 0.6) is 5.75 Å². The molecule has 1 aromatic carbocycles. The van der Waals surface area contributed by atoms with E-state index in [9.17, 15) is 0 Å². The van der Waals surface area contributed by atoms with Crippen LogP contribution in [0, 0.1) is 13.8 Å². The molecule has 20 heavy (non-hydrogen) atoms. The number of hydrogen-bond donors (Lipinski definition) is 1. The Morgan fingerprint density at radius 1 is 1.20 bits per heavy atom. The molecule has 0 saturated carbocycles. The van der Waals surface area contributed by atoms with E-state index in [2.05, 4.69) is 44.0 Å². The van der Waals surface area contributed by atoms with Gasteiger partial charge >= 0.3 is 0 Å². The van der Waals surface area contributed by atoms with Crippen molar-refractivity contribution in [2.75, 3.05) is 6.61 Å². The summed E-state index contributed by atoms with van der Waals surface area (Å²) in [6.45, 7) is 6.96. The van der Waals surface area contributed by atoms with E-state index in [-0.39, 0.29) is 6.04 Å². The summed E-state index contributed by atoms with van der Waals surface area (Å²) >= 11 is 0. The first kappa shape index (κ1) is 14.5. The maximum atomic E-state index is 6.37. The quantitative estimate of drug-likeness (QED) is 0.904. The van der Waals surface area contributed by atoms with E-state index in [1.807, 2.05) is 12.3 Å². The van der Waals surface area contributed by atoms with Crippen molar-refractivity contribution in [3.63, 3.8) is 0 Å². The van der Waals surface area contributed by atoms with Crippen molar-refractivity contribution < 1.29 is 4.74 Å². The van der Waals surface area contributed by atoms with E-state index in [1.54, 1.807) is 6.20 Å². The van der Waals surface area contributed by atoms with E-state index >= 15 is 0 Å². The average molecular weight is 270 g/mol. The average Bonchev–Trinajstić information content (AvgIpc) is 2.45. The molecule has 0 aliphatic rings. The Bertz CT molecular complexity index is 581. The molecule has 1 heterocycles. The molecule has 0 spiro atoms. The van der Waals surface area contributed by atoms with Gasteiger partial charge in [-0.05, 0) is 43.0 Å². The van der Waals surface area contributed by atoms with Gasteiger partial charge in [0, 0.05) is 6.20 Å². The third-order valence-corrected chi connectivity index (χ3v) is 3.33. The summed E-state index contributed by atoms with van der Waals surface area (Å²) in [6.07, 6.45) is 4.52. The van der Waals surface area contributed by atoms with Gasteiger partial charge in [-0.15, -0.1) is 0 Å². The summed E-state index contributed by atoms with van der Waals surface area (Å²) in [6, 6.07) is 8.14. The molecule has 0 aliphatic heterocycles. The van der Waals surface area contributed by atoms with Crippen molar-refractivity contribution in [3.05, 3.63) is 58.9 Å². The summed E-state index contributed by atoms with van der Waals surface area (Å²) < 4.78 is 5.61. The number of aryl methyl sites for hydroxylation is 2. The fourth-order valence-electron chi connectivity index (χ4n) is 2.26. The normalized spacial score (nSPS) is 12.2. The predicted molar refractivity (Wildman–Crippen MR) is 82.0 cm³/mol. The Morgan fingerprint density at radius 3 is 2.70 bits per heavy atom. The highest BCUT2D eigenvalue weighted by atomic mass is 16.5. The molecule has 3 heteroatoms. The van der Waals surface area contributed by atoms with Gasteiger partial charge in [0.1, 0.15) is 5.75 Å². The van der Waals surface area contributed by atoms with Gasteiger partial charge in [0.25, 0.3) is 0 Å². The summed E-state index contributed by atoms with van der Waals surface area (Å²) in [5, 5.41) is 0. The summed E-state index contributed by atoms with van der Waals surface area (Å²) in [7, 11) is 0. The van der Waals surface area contributed by atoms with E-state index in [0.717, 1.165) is 23.3 Å². The molecule has 106 valence electrons. The molecule has 2 rings (SSSR count). The van der Waals surface area contributed by atoms with E-state index < -0.39 is 0 Å². The molecule has 3 nitrogen and oxygen atoms in total. The zero-order valence-electron chi connectivity index (χ0n) is 12.4. The second-order valence-electron chi connectivity index (χ2n) is 5.14. The third kappa shape index (κ3) is 3.36. The van der Waals surface area contributed by atoms with Gasteiger partial charge in [0.2, 0.25) is 0 Å². The molecular weight excluding hydrogens is 248 g/mol. The minimum Gasteiger partial charge on any atom is -0.492 e. The Labute approximate surface area is 120 Å². The minimum atomic E-state index is -0.173. The molecule has 1 atom stereocenters. The number of rotatable bonds is 5. The Morgan fingerprint density at radius 2 is 2.00 bits per heavy atom. The maximum absolute atomic E-state index is 6.37. The van der Waals surface area contributed by atoms with Gasteiger partial charge in [-0.25, -0.2) is 0 Å². The number of ether oxygens (including phenoxy) is 1. The Hall–Kier alpha value is -1.87. The van der Waals surface area contributed by atoms with Crippen molar-refractivity contribution in [3.8, 4) is 5.75 Å². The van der Waals surface area contributed by atoms with Gasteiger partial charge in [0.05, 0.1) is 18.8 Å². The van der Waals surface area contributed by atoms with Gasteiger partial charge in [-0.3, -0.25) is 4.98 Å². The first-order valence-electron chi connectivity index (χ1n) is 7.02. The molecule has 0 saturated heterocycles. The number of hydrogen-bond acceptors (Lipinski definition) is 3. The van der Waals surface area contributed by atoms with Crippen LogP contribution in [0.25, 0.3) is 0 Å². The third-order valence-electron chi connectivity index (χ3n) is 3.33. The molecule has 0 bridgehead atoms. The number of pyridine rings is 1. The van der Waals surface area contributed by atoms with Crippen LogP contribution in [0.1, 0.15) is 41.6 Å². The molecule has 2 N–H and O–H groups in total. The summed E-state index contributed by atoms with van der Waals surface area (Å²) in [5.74, 6) is 0.782. The number of benzene rings is 1. The molecule has 0 radical (unpaired) electrons. The van der Waals surface area contributed by atoms with Crippen LogP contribution in [0.2, 0.25) is 0 Å². The van der Waals surface area contributed by atoms with Crippen LogP contribution in [-0.4, -0.2) is 11.6 Å². The fourth-order valence-corrected chi connectivity index (χ4v) is 2.26. The van der Waals surface area contributed by atoms with Crippen LogP contribution in [0.15, 0.2) is 36.7 Å². The molecule has 1 unspecified atom stereocenters. The van der Waals surface area contributed by atoms with E-state index in [0.29, 0.717) is 6.61 Å². The second-order valence-corrected chi connectivity index (χ2v) is 5.14. The van der Waals surface area contributed by atoms with Crippen molar-refractivity contribution in [1.29, 1.82) is 0 Å². The van der Waals surface area contributed by atoms with Crippen molar-refractivity contribution in [2.45, 2.75) is 33.2 Å². The smallest absolute Gasteiger partial charge is 0.137 e. The SMILES string of the molecule is CCCOc1cncc(C(N)c2ccc(C)cc2C)c1. The minimum absolute atomic E-state index is 0.173. The number of aromatic nitrogens is 1. The monoisotopic (exact) mass is 270 g/mol. The lowest BCUT2D eigenvalue weighted by atomic mass is 9.95. The molecule has 2 aromatic rings. The second kappa shape index (κ2) is 6.53. The summed E-state index contributed by atoms with van der Waals surface area (Å²) in [4.78, 5) is 4.23. The van der Waals surface area contributed by atoms with Gasteiger partial charge in [-0.1, -0.05) is 30.7 Å². The first-order valence-corrected chi connectivity index (χ1v) is 7.02. The molecule has 0 aliphatic carbocycles. The Balaban J connectivity index is 2.26. The summed E-state index contributed by atoms with van der Waals surface area (Å²) in [5.41, 5.74) is 10.9. The van der Waals surface area contributed by atoms with E-state index in [1.165, 1.54) is 11.1 Å². The van der Waals surface area contributed by atoms with Gasteiger partial charge in [0.15, 0.2) is 0 Å². The molecule has 0 amide bonds. The lowest BCUT2D eigenvalue weighted by Gasteiger charge is -2.16. The lowest BCUT2D eigenvalue weighted by Crippen LogP contribution is -2.14. The van der Waals surface area contributed by atoms with Gasteiger partial charge < -0.3 is 10.5 Å². The molecular formula is C17H22N2O. The van der Waals surface area contributed by atoms with Crippen LogP contribution in [-0.2, 0) is 0 Å². The van der Waals surface area contributed by atoms with Crippen LogP contribution < -0.4 is 10.5 Å². The molecule has 1 aromatic heterocycles. The van der Waals surface area contributed by atoms with Crippen LogP contribution in [0.4, 0.5) is 0 Å². The largest absolute Gasteiger partial charge is 0.492 e.